The number of carbonyl (C=O) groups is 3. The highest BCUT2D eigenvalue weighted by Crippen LogP contribution is 2.42. The minimum absolute atomic E-state index is 0.104. The number of hydrogen-bond acceptors (Lipinski definition) is 10. The predicted molar refractivity (Wildman–Crippen MR) is 214 cm³/mol. The number of piperidine rings is 2. The molecule has 0 radical (unpaired) electrons. The third kappa shape index (κ3) is 8.03. The molecule has 2 aromatic carbocycles. The Kier molecular flexibility index (Phi) is 11.0. The van der Waals surface area contributed by atoms with Gasteiger partial charge in [-0.25, -0.2) is 19.2 Å². The molecule has 2 N–H and O–H groups in total. The van der Waals surface area contributed by atoms with Gasteiger partial charge in [-0.2, -0.15) is 13.2 Å². The zero-order valence-electron chi connectivity index (χ0n) is 32.8. The predicted octanol–water partition coefficient (Wildman–Crippen LogP) is 6.62. The number of nitrogens with one attached hydrogen (secondary N) is 2. The van der Waals surface area contributed by atoms with Crippen molar-refractivity contribution in [3.63, 3.8) is 0 Å². The summed E-state index contributed by atoms with van der Waals surface area (Å²) in [6.07, 6.45) is 1.36. The van der Waals surface area contributed by atoms with Gasteiger partial charge in [0.2, 0.25) is 11.8 Å². The maximum atomic E-state index is 15.2. The summed E-state index contributed by atoms with van der Waals surface area (Å²) in [6.45, 7) is 2.30. The number of benzene rings is 2. The van der Waals surface area contributed by atoms with Crippen LogP contribution in [0.1, 0.15) is 84.5 Å². The first-order valence-electron chi connectivity index (χ1n) is 19.7. The third-order valence-corrected chi connectivity index (χ3v) is 13.2. The van der Waals surface area contributed by atoms with E-state index in [1.54, 1.807) is 30.5 Å². The number of fused-ring (bicyclic) bond motifs is 2. The van der Waals surface area contributed by atoms with Crippen molar-refractivity contribution in [1.82, 2.24) is 29.3 Å². The van der Waals surface area contributed by atoms with Gasteiger partial charge in [0.15, 0.2) is 0 Å². The first-order valence-corrected chi connectivity index (χ1v) is 20.5. The zero-order chi connectivity index (χ0) is 41.7. The van der Waals surface area contributed by atoms with Gasteiger partial charge >= 0.3 is 11.9 Å². The summed E-state index contributed by atoms with van der Waals surface area (Å²) in [5.41, 5.74) is 0.619. The van der Waals surface area contributed by atoms with E-state index < -0.39 is 41.2 Å². The van der Waals surface area contributed by atoms with Crippen molar-refractivity contribution in [2.45, 2.75) is 75.5 Å². The summed E-state index contributed by atoms with van der Waals surface area (Å²) in [5, 5.41) is 5.96. The van der Waals surface area contributed by atoms with Gasteiger partial charge in [-0.1, -0.05) is 6.07 Å². The van der Waals surface area contributed by atoms with Crippen LogP contribution in [0.5, 0.6) is 5.75 Å². The van der Waals surface area contributed by atoms with Crippen LogP contribution < -0.4 is 26.0 Å². The van der Waals surface area contributed by atoms with Gasteiger partial charge in [0.25, 0.3) is 5.91 Å². The summed E-state index contributed by atoms with van der Waals surface area (Å²) in [4.78, 5) is 63.8. The second-order valence-electron chi connectivity index (χ2n) is 15.8. The molecule has 13 nitrogen and oxygen atoms in total. The standard InChI is InChI=1S/C41H44F4N8O5S/c1-50(25-13-15-52(16-14-25)30-17-24(42)18-31-36(30)51(2)40(57)53(31)29-11-12-35(54)49-38(29)56)21-22-7-9-23(10-8-22)39-48-28-19-32(58-3)27(20-33(28)59-39)47-37(55)26-5-4-6-34(46-26)41(43,44)45/h4-6,17-20,22-23,25,29H,7-16,21H2,1-3H3,(H,47,55)(H,49,54,56). The fraction of sp³-hybridized carbons (Fsp3) is 0.463. The van der Waals surface area contributed by atoms with Gasteiger partial charge < -0.3 is 19.9 Å². The molecular weight excluding hydrogens is 793 g/mol. The molecule has 2 saturated heterocycles. The molecule has 5 aromatic rings. The number of aryl methyl sites for hydroxylation is 1. The number of hydrogen-bond donors (Lipinski definition) is 2. The molecule has 18 heteroatoms. The average molecular weight is 837 g/mol. The number of thiazole rings is 1. The van der Waals surface area contributed by atoms with Crippen LogP contribution in [0.25, 0.3) is 21.3 Å². The van der Waals surface area contributed by atoms with E-state index in [0.717, 1.165) is 72.4 Å². The first kappa shape index (κ1) is 40.4. The number of methoxy groups -OCH3 is 1. The van der Waals surface area contributed by atoms with Crippen molar-refractivity contribution in [1.29, 1.82) is 0 Å². The van der Waals surface area contributed by atoms with Crippen molar-refractivity contribution in [2.24, 2.45) is 13.0 Å². The van der Waals surface area contributed by atoms with Crippen LogP contribution in [0.4, 0.5) is 28.9 Å². The Morgan fingerprint density at radius 3 is 2.46 bits per heavy atom. The highest BCUT2D eigenvalue weighted by atomic mass is 32.1. The van der Waals surface area contributed by atoms with Gasteiger partial charge in [-0.3, -0.25) is 28.8 Å². The number of ether oxygens (including phenoxy) is 1. The lowest BCUT2D eigenvalue weighted by Gasteiger charge is -2.40. The second kappa shape index (κ2) is 16.0. The van der Waals surface area contributed by atoms with E-state index in [9.17, 15) is 32.3 Å². The normalized spacial score (nSPS) is 20.7. The van der Waals surface area contributed by atoms with E-state index in [0.29, 0.717) is 53.2 Å². The van der Waals surface area contributed by atoms with Crippen LogP contribution in [-0.4, -0.2) is 81.6 Å². The highest BCUT2D eigenvalue weighted by molar-refractivity contribution is 7.18. The summed E-state index contributed by atoms with van der Waals surface area (Å²) in [7, 11) is 5.24. The van der Waals surface area contributed by atoms with Gasteiger partial charge in [0.05, 0.1) is 44.7 Å². The smallest absolute Gasteiger partial charge is 0.433 e. The lowest BCUT2D eigenvalue weighted by atomic mass is 9.82. The number of aromatic nitrogens is 4. The number of pyridine rings is 1. The largest absolute Gasteiger partial charge is 0.494 e. The molecule has 2 aliphatic heterocycles. The Labute approximate surface area is 340 Å². The van der Waals surface area contributed by atoms with Crippen molar-refractivity contribution >= 4 is 61.7 Å². The molecule has 0 spiro atoms. The zero-order valence-corrected chi connectivity index (χ0v) is 33.6. The molecule has 3 aliphatic rings. The minimum Gasteiger partial charge on any atom is -0.494 e. The molecule has 5 heterocycles. The summed E-state index contributed by atoms with van der Waals surface area (Å²) in [5.74, 6) is -1.10. The van der Waals surface area contributed by atoms with Crippen LogP contribution in [0.3, 0.4) is 0 Å². The summed E-state index contributed by atoms with van der Waals surface area (Å²) >= 11 is 1.54. The third-order valence-electron chi connectivity index (χ3n) is 12.1. The summed E-state index contributed by atoms with van der Waals surface area (Å²) < 4.78 is 63.9. The molecule has 312 valence electrons. The van der Waals surface area contributed by atoms with Crippen LogP contribution in [-0.2, 0) is 22.8 Å². The number of alkyl halides is 3. The maximum Gasteiger partial charge on any atom is 0.433 e. The molecule has 8 rings (SSSR count). The molecule has 1 saturated carbocycles. The topological polar surface area (TPSA) is 144 Å². The summed E-state index contributed by atoms with van der Waals surface area (Å²) in [6, 6.07) is 8.84. The number of amides is 3. The second-order valence-corrected chi connectivity index (χ2v) is 16.8. The minimum atomic E-state index is -4.68. The Hall–Kier alpha value is -5.36. The van der Waals surface area contributed by atoms with Crippen LogP contribution in [0, 0.1) is 11.7 Å². The van der Waals surface area contributed by atoms with Crippen LogP contribution >= 0.6 is 11.3 Å². The molecule has 1 aliphatic carbocycles. The fourth-order valence-electron chi connectivity index (χ4n) is 8.94. The number of nitrogens with zero attached hydrogens (tertiary/aromatic N) is 6. The maximum absolute atomic E-state index is 15.2. The number of rotatable bonds is 9. The molecule has 3 fully saturated rings. The van der Waals surface area contributed by atoms with Crippen LogP contribution in [0.2, 0.25) is 0 Å². The SMILES string of the molecule is COc1cc2nc(C3CCC(CN(C)C4CCN(c5cc(F)cc6c5n(C)c(=O)n6C5CCC(=O)NC5=O)CC4)CC3)sc2cc1NC(=O)c1cccc(C(F)(F)F)n1. The van der Waals surface area contributed by atoms with E-state index in [1.807, 2.05) is 0 Å². The van der Waals surface area contributed by atoms with E-state index in [4.69, 9.17) is 9.72 Å². The van der Waals surface area contributed by atoms with E-state index >= 15 is 4.39 Å². The van der Waals surface area contributed by atoms with Crippen molar-refractivity contribution in [3.8, 4) is 5.75 Å². The molecule has 0 bridgehead atoms. The Bertz CT molecular complexity index is 2500. The first-order chi connectivity index (χ1) is 28.2. The fourth-order valence-corrected chi connectivity index (χ4v) is 10.1. The Morgan fingerprint density at radius 1 is 1.02 bits per heavy atom. The van der Waals surface area contributed by atoms with Crippen molar-refractivity contribution < 1.29 is 36.7 Å². The number of anilines is 2. The Balaban J connectivity index is 0.875. The lowest BCUT2D eigenvalue weighted by Crippen LogP contribution is -2.45. The number of imidazole rings is 1. The van der Waals surface area contributed by atoms with E-state index in [-0.39, 0.29) is 30.4 Å². The lowest BCUT2D eigenvalue weighted by molar-refractivity contribution is -0.141. The van der Waals surface area contributed by atoms with Gasteiger partial charge in [-0.05, 0) is 88.2 Å². The quantitative estimate of drug-likeness (QED) is 0.124. The van der Waals surface area contributed by atoms with Gasteiger partial charge in [0, 0.05) is 51.1 Å². The number of carbonyl (C=O) groups excluding carboxylic acids is 3. The molecule has 3 amide bonds. The van der Waals surface area contributed by atoms with Gasteiger partial charge in [0.1, 0.15) is 29.0 Å². The molecule has 1 atom stereocenters. The highest BCUT2D eigenvalue weighted by Gasteiger charge is 2.35. The average Bonchev–Trinajstić information content (AvgIpc) is 3.74. The Morgan fingerprint density at radius 2 is 1.76 bits per heavy atom. The van der Waals surface area contributed by atoms with Crippen molar-refractivity contribution in [2.75, 3.05) is 44.0 Å². The molecule has 3 aromatic heterocycles. The molecule has 59 heavy (non-hydrogen) atoms. The van der Waals surface area contributed by atoms with E-state index in [2.05, 4.69) is 32.5 Å². The number of halogens is 4. The van der Waals surface area contributed by atoms with Crippen molar-refractivity contribution in [3.05, 3.63) is 75.2 Å². The monoisotopic (exact) mass is 836 g/mol. The number of imide groups is 1. The van der Waals surface area contributed by atoms with Gasteiger partial charge in [-0.15, -0.1) is 11.3 Å². The molecular formula is C41H44F4N8O5S. The van der Waals surface area contributed by atoms with E-state index in [1.165, 1.54) is 34.4 Å². The van der Waals surface area contributed by atoms with Crippen LogP contribution in [0.15, 0.2) is 47.3 Å². The molecule has 1 unspecified atom stereocenters.